The Kier molecular flexibility index (Phi) is 4.80. The fraction of sp³-hybridized carbons (Fsp3) is 0.214. The predicted octanol–water partition coefficient (Wildman–Crippen LogP) is 4.02. The van der Waals surface area contributed by atoms with E-state index in [-0.39, 0.29) is 11.3 Å². The first kappa shape index (κ1) is 13.6. The fourth-order valence-corrected chi connectivity index (χ4v) is 3.31. The minimum absolute atomic E-state index is 0.0389. The lowest BCUT2D eigenvalue weighted by molar-refractivity contribution is 0.705. The topological polar surface area (TPSA) is 38.9 Å². The molecule has 18 heavy (non-hydrogen) atoms. The molecule has 2 atom stereocenters. The number of nitrogens with zero attached hydrogens (tertiary/aromatic N) is 1. The molecule has 2 aromatic rings. The van der Waals surface area contributed by atoms with E-state index in [2.05, 4.69) is 27.0 Å². The molecule has 0 saturated heterocycles. The number of rotatable bonds is 4. The Morgan fingerprint density at radius 1 is 1.17 bits per heavy atom. The molecule has 0 aliphatic heterocycles. The summed E-state index contributed by atoms with van der Waals surface area (Å²) in [6, 6.07) is 14.2. The second-order valence-corrected chi connectivity index (χ2v) is 6.12. The van der Waals surface area contributed by atoms with Crippen molar-refractivity contribution in [1.82, 2.24) is 4.98 Å². The molecule has 94 valence electrons. The first-order valence-corrected chi connectivity index (χ1v) is 7.43. The minimum atomic E-state index is 0.0389. The minimum Gasteiger partial charge on any atom is -0.327 e. The van der Waals surface area contributed by atoms with Gasteiger partial charge >= 0.3 is 0 Å². The predicted molar refractivity (Wildman–Crippen MR) is 80.6 cm³/mol. The van der Waals surface area contributed by atoms with E-state index in [1.165, 1.54) is 4.90 Å². The van der Waals surface area contributed by atoms with Crippen molar-refractivity contribution in [2.24, 2.45) is 5.73 Å². The van der Waals surface area contributed by atoms with Crippen molar-refractivity contribution in [2.45, 2.75) is 23.1 Å². The van der Waals surface area contributed by atoms with Crippen LogP contribution in [0.15, 0.2) is 58.0 Å². The Balaban J connectivity index is 2.26. The summed E-state index contributed by atoms with van der Waals surface area (Å²) in [5.41, 5.74) is 7.11. The van der Waals surface area contributed by atoms with Crippen molar-refractivity contribution < 1.29 is 0 Å². The second-order valence-electron chi connectivity index (χ2n) is 4.08. The van der Waals surface area contributed by atoms with Crippen LogP contribution in [-0.2, 0) is 0 Å². The molecule has 0 fully saturated rings. The highest BCUT2D eigenvalue weighted by atomic mass is 79.9. The molecule has 2 N–H and O–H groups in total. The number of aromatic nitrogens is 1. The van der Waals surface area contributed by atoms with Crippen molar-refractivity contribution in [1.29, 1.82) is 0 Å². The number of hydrogen-bond donors (Lipinski definition) is 1. The molecule has 0 aliphatic carbocycles. The number of hydrogen-bond acceptors (Lipinski definition) is 3. The summed E-state index contributed by atoms with van der Waals surface area (Å²) in [4.78, 5) is 5.60. The summed E-state index contributed by atoms with van der Waals surface area (Å²) in [6.45, 7) is 2.02. The zero-order valence-electron chi connectivity index (χ0n) is 10.1. The fourth-order valence-electron chi connectivity index (χ4n) is 1.66. The van der Waals surface area contributed by atoms with Crippen molar-refractivity contribution in [3.63, 3.8) is 0 Å². The standard InChI is InChI=1S/C14H15BrN2S/c1-10(16)14(12-7-4-5-9-17-12)18-13-8-3-2-6-11(13)15/h2-10,14H,16H2,1H3. The van der Waals surface area contributed by atoms with Gasteiger partial charge < -0.3 is 5.73 Å². The Bertz CT molecular complexity index is 502. The normalized spacial score (nSPS) is 14.2. The maximum Gasteiger partial charge on any atom is 0.0665 e. The number of nitrogens with two attached hydrogens (primary N) is 1. The van der Waals surface area contributed by atoms with Gasteiger partial charge in [0.1, 0.15) is 0 Å². The molecule has 0 bridgehead atoms. The van der Waals surface area contributed by atoms with Gasteiger partial charge in [0, 0.05) is 21.6 Å². The monoisotopic (exact) mass is 322 g/mol. The lowest BCUT2D eigenvalue weighted by Crippen LogP contribution is -2.23. The molecular formula is C14H15BrN2S. The van der Waals surface area contributed by atoms with Crippen LogP contribution in [-0.4, -0.2) is 11.0 Å². The Hall–Kier alpha value is -0.840. The summed E-state index contributed by atoms with van der Waals surface area (Å²) in [6.07, 6.45) is 1.81. The van der Waals surface area contributed by atoms with Gasteiger partial charge in [0.05, 0.1) is 10.9 Å². The van der Waals surface area contributed by atoms with Crippen molar-refractivity contribution in [3.05, 3.63) is 58.8 Å². The quantitative estimate of drug-likeness (QED) is 0.864. The summed E-state index contributed by atoms with van der Waals surface area (Å²) < 4.78 is 1.09. The van der Waals surface area contributed by atoms with Gasteiger partial charge in [-0.15, -0.1) is 11.8 Å². The molecule has 0 aliphatic rings. The Labute approximate surface area is 120 Å². The zero-order valence-corrected chi connectivity index (χ0v) is 12.5. The molecule has 1 heterocycles. The molecular weight excluding hydrogens is 308 g/mol. The van der Waals surface area contributed by atoms with Gasteiger partial charge in [-0.25, -0.2) is 0 Å². The van der Waals surface area contributed by atoms with Crippen LogP contribution in [0.25, 0.3) is 0 Å². The van der Waals surface area contributed by atoms with Gasteiger partial charge in [-0.1, -0.05) is 18.2 Å². The highest BCUT2D eigenvalue weighted by molar-refractivity contribution is 9.10. The van der Waals surface area contributed by atoms with Gasteiger partial charge in [-0.05, 0) is 47.1 Å². The van der Waals surface area contributed by atoms with Gasteiger partial charge in [-0.3, -0.25) is 4.98 Å². The third kappa shape index (κ3) is 3.34. The highest BCUT2D eigenvalue weighted by Gasteiger charge is 2.19. The van der Waals surface area contributed by atoms with Crippen molar-refractivity contribution in [3.8, 4) is 0 Å². The van der Waals surface area contributed by atoms with E-state index in [1.807, 2.05) is 49.5 Å². The summed E-state index contributed by atoms with van der Waals surface area (Å²) >= 11 is 5.31. The molecule has 0 amide bonds. The second kappa shape index (κ2) is 6.36. The smallest absolute Gasteiger partial charge is 0.0665 e. The van der Waals surface area contributed by atoms with Crippen LogP contribution in [0.2, 0.25) is 0 Å². The third-order valence-electron chi connectivity index (χ3n) is 2.55. The first-order chi connectivity index (χ1) is 8.68. The summed E-state index contributed by atoms with van der Waals surface area (Å²) in [5, 5.41) is 0.157. The largest absolute Gasteiger partial charge is 0.327 e. The van der Waals surface area contributed by atoms with Crippen LogP contribution >= 0.6 is 27.7 Å². The number of pyridine rings is 1. The molecule has 2 unspecified atom stereocenters. The average molecular weight is 323 g/mol. The van der Waals surface area contributed by atoms with E-state index in [4.69, 9.17) is 5.73 Å². The molecule has 0 saturated carbocycles. The molecule has 1 aromatic heterocycles. The Morgan fingerprint density at radius 3 is 2.50 bits per heavy atom. The third-order valence-corrected chi connectivity index (χ3v) is 5.04. The van der Waals surface area contributed by atoms with Crippen LogP contribution < -0.4 is 5.73 Å². The van der Waals surface area contributed by atoms with Crippen LogP contribution in [0.3, 0.4) is 0 Å². The van der Waals surface area contributed by atoms with E-state index in [9.17, 15) is 0 Å². The van der Waals surface area contributed by atoms with Crippen LogP contribution in [0.5, 0.6) is 0 Å². The van der Waals surface area contributed by atoms with E-state index >= 15 is 0 Å². The highest BCUT2D eigenvalue weighted by Crippen LogP contribution is 2.39. The van der Waals surface area contributed by atoms with Crippen LogP contribution in [0, 0.1) is 0 Å². The summed E-state index contributed by atoms with van der Waals surface area (Å²) in [5.74, 6) is 0. The van der Waals surface area contributed by atoms with Crippen LogP contribution in [0.1, 0.15) is 17.9 Å². The number of halogens is 1. The van der Waals surface area contributed by atoms with E-state index in [1.54, 1.807) is 11.8 Å². The Morgan fingerprint density at radius 2 is 1.89 bits per heavy atom. The molecule has 0 spiro atoms. The maximum absolute atomic E-state index is 6.09. The summed E-state index contributed by atoms with van der Waals surface area (Å²) in [7, 11) is 0. The molecule has 2 nitrogen and oxygen atoms in total. The lowest BCUT2D eigenvalue weighted by atomic mass is 10.2. The van der Waals surface area contributed by atoms with Crippen molar-refractivity contribution in [2.75, 3.05) is 0 Å². The maximum atomic E-state index is 6.09. The first-order valence-electron chi connectivity index (χ1n) is 5.76. The zero-order chi connectivity index (χ0) is 13.0. The van der Waals surface area contributed by atoms with E-state index < -0.39 is 0 Å². The molecule has 2 rings (SSSR count). The van der Waals surface area contributed by atoms with E-state index in [0.717, 1.165) is 10.2 Å². The molecule has 4 heteroatoms. The SMILES string of the molecule is CC(N)C(Sc1ccccc1Br)c1ccccn1. The number of thioether (sulfide) groups is 1. The molecule has 0 radical (unpaired) electrons. The van der Waals surface area contributed by atoms with Gasteiger partial charge in [-0.2, -0.15) is 0 Å². The van der Waals surface area contributed by atoms with Crippen molar-refractivity contribution >= 4 is 27.7 Å². The van der Waals surface area contributed by atoms with Gasteiger partial charge in [0.25, 0.3) is 0 Å². The van der Waals surface area contributed by atoms with Gasteiger partial charge in [0.2, 0.25) is 0 Å². The molecule has 1 aromatic carbocycles. The average Bonchev–Trinajstić information content (AvgIpc) is 2.38. The van der Waals surface area contributed by atoms with Gasteiger partial charge in [0.15, 0.2) is 0 Å². The van der Waals surface area contributed by atoms with Crippen LogP contribution in [0.4, 0.5) is 0 Å². The lowest BCUT2D eigenvalue weighted by Gasteiger charge is -2.20. The number of benzene rings is 1. The van der Waals surface area contributed by atoms with E-state index in [0.29, 0.717) is 0 Å².